The Balaban J connectivity index is 1.29. The molecule has 5 rings (SSSR count). The average molecular weight is 396 g/mol. The average Bonchev–Trinajstić information content (AvgIpc) is 3.45. The molecule has 3 aromatic carbocycles. The van der Waals surface area contributed by atoms with Crippen molar-refractivity contribution in [1.29, 1.82) is 0 Å². The van der Waals surface area contributed by atoms with Crippen LogP contribution in [-0.4, -0.2) is 20.4 Å². The van der Waals surface area contributed by atoms with E-state index in [1.165, 1.54) is 0 Å². The van der Waals surface area contributed by atoms with Crippen molar-refractivity contribution in [3.05, 3.63) is 84.9 Å². The summed E-state index contributed by atoms with van der Waals surface area (Å²) in [5.74, 6) is 0.828. The quantitative estimate of drug-likeness (QED) is 0.400. The molecule has 0 aliphatic rings. The predicted molar refractivity (Wildman–Crippen MR) is 112 cm³/mol. The SMILES string of the molecule is c1ccc(Nc2nnc(-c3ccc(-c4nnc(Nc5ccccc5)o4)cc3)o2)cc1. The van der Waals surface area contributed by atoms with E-state index in [2.05, 4.69) is 31.0 Å². The molecule has 0 amide bonds. The van der Waals surface area contributed by atoms with Crippen molar-refractivity contribution in [2.24, 2.45) is 0 Å². The topological polar surface area (TPSA) is 102 Å². The third kappa shape index (κ3) is 3.88. The fraction of sp³-hybridized carbons (Fsp3) is 0. The Morgan fingerprint density at radius 2 is 0.867 bits per heavy atom. The Hall–Kier alpha value is -4.46. The first kappa shape index (κ1) is 17.6. The molecule has 0 aliphatic heterocycles. The molecule has 0 atom stereocenters. The van der Waals surface area contributed by atoms with Gasteiger partial charge in [0, 0.05) is 22.5 Å². The molecule has 0 fully saturated rings. The van der Waals surface area contributed by atoms with Crippen LogP contribution in [0.5, 0.6) is 0 Å². The first-order valence-electron chi connectivity index (χ1n) is 9.25. The van der Waals surface area contributed by atoms with Gasteiger partial charge in [-0.05, 0) is 48.5 Å². The lowest BCUT2D eigenvalue weighted by Gasteiger charge is -2.00. The summed E-state index contributed by atoms with van der Waals surface area (Å²) >= 11 is 0. The van der Waals surface area contributed by atoms with E-state index in [-0.39, 0.29) is 0 Å². The lowest BCUT2D eigenvalue weighted by molar-refractivity contribution is 0.585. The highest BCUT2D eigenvalue weighted by Crippen LogP contribution is 2.26. The molecule has 146 valence electrons. The Labute approximate surface area is 171 Å². The first-order valence-corrected chi connectivity index (χ1v) is 9.25. The molecule has 0 spiro atoms. The Morgan fingerprint density at radius 1 is 0.467 bits per heavy atom. The van der Waals surface area contributed by atoms with Gasteiger partial charge in [0.05, 0.1) is 0 Å². The number of benzene rings is 3. The highest BCUT2D eigenvalue weighted by Gasteiger charge is 2.12. The van der Waals surface area contributed by atoms with Crippen molar-refractivity contribution in [2.45, 2.75) is 0 Å². The van der Waals surface area contributed by atoms with Crippen molar-refractivity contribution < 1.29 is 8.83 Å². The van der Waals surface area contributed by atoms with E-state index in [1.807, 2.05) is 84.9 Å². The first-order chi connectivity index (χ1) is 14.8. The third-order valence-corrected chi connectivity index (χ3v) is 4.28. The van der Waals surface area contributed by atoms with Crippen LogP contribution in [0, 0.1) is 0 Å². The number of para-hydroxylation sites is 2. The standard InChI is InChI=1S/C22H16N6O2/c1-3-7-17(8-4-1)23-21-27-25-19(29-21)15-11-13-16(14-12-15)20-26-28-22(30-20)24-18-9-5-2-6-10-18/h1-14H,(H,23,27)(H,24,28). The van der Waals surface area contributed by atoms with Crippen LogP contribution in [0.3, 0.4) is 0 Å². The second-order valence-corrected chi connectivity index (χ2v) is 6.38. The van der Waals surface area contributed by atoms with Crippen molar-refractivity contribution in [1.82, 2.24) is 20.4 Å². The minimum atomic E-state index is 0.328. The van der Waals surface area contributed by atoms with Crippen LogP contribution in [0.15, 0.2) is 93.8 Å². The number of nitrogens with zero attached hydrogens (tertiary/aromatic N) is 4. The van der Waals surface area contributed by atoms with Crippen LogP contribution in [0.2, 0.25) is 0 Å². The molecule has 0 aliphatic carbocycles. The molecule has 0 saturated heterocycles. The second-order valence-electron chi connectivity index (χ2n) is 6.38. The number of aromatic nitrogens is 4. The van der Waals surface area contributed by atoms with Crippen LogP contribution < -0.4 is 10.6 Å². The Bertz CT molecular complexity index is 1130. The zero-order valence-electron chi connectivity index (χ0n) is 15.7. The van der Waals surface area contributed by atoms with E-state index in [0.29, 0.717) is 23.8 Å². The Morgan fingerprint density at radius 3 is 1.27 bits per heavy atom. The van der Waals surface area contributed by atoms with Gasteiger partial charge in [0.25, 0.3) is 0 Å². The molecule has 0 unspecified atom stereocenters. The van der Waals surface area contributed by atoms with E-state index in [1.54, 1.807) is 0 Å². The van der Waals surface area contributed by atoms with Crippen LogP contribution in [-0.2, 0) is 0 Å². The normalized spacial score (nSPS) is 10.7. The van der Waals surface area contributed by atoms with Gasteiger partial charge in [-0.3, -0.25) is 0 Å². The van der Waals surface area contributed by atoms with E-state index < -0.39 is 0 Å². The van der Waals surface area contributed by atoms with E-state index >= 15 is 0 Å². The molecule has 0 bridgehead atoms. The number of hydrogen-bond acceptors (Lipinski definition) is 8. The molecule has 5 aromatic rings. The maximum Gasteiger partial charge on any atom is 0.320 e. The van der Waals surface area contributed by atoms with Gasteiger partial charge in [-0.2, -0.15) is 0 Å². The van der Waals surface area contributed by atoms with E-state index in [4.69, 9.17) is 8.83 Å². The highest BCUT2D eigenvalue weighted by atomic mass is 16.4. The Kier molecular flexibility index (Phi) is 4.63. The smallest absolute Gasteiger partial charge is 0.320 e. The number of hydrogen-bond donors (Lipinski definition) is 2. The highest BCUT2D eigenvalue weighted by molar-refractivity contribution is 5.63. The minimum absolute atomic E-state index is 0.328. The maximum atomic E-state index is 5.69. The van der Waals surface area contributed by atoms with Gasteiger partial charge >= 0.3 is 12.0 Å². The van der Waals surface area contributed by atoms with Crippen molar-refractivity contribution in [2.75, 3.05) is 10.6 Å². The minimum Gasteiger partial charge on any atom is -0.403 e. The molecule has 30 heavy (non-hydrogen) atoms. The fourth-order valence-electron chi connectivity index (χ4n) is 2.83. The van der Waals surface area contributed by atoms with E-state index in [9.17, 15) is 0 Å². The van der Waals surface area contributed by atoms with Crippen LogP contribution >= 0.6 is 0 Å². The summed E-state index contributed by atoms with van der Waals surface area (Å²) in [4.78, 5) is 0. The molecule has 2 aromatic heterocycles. The summed E-state index contributed by atoms with van der Waals surface area (Å²) in [6.45, 7) is 0. The maximum absolute atomic E-state index is 5.69. The molecular formula is C22H16N6O2. The van der Waals surface area contributed by atoms with Crippen molar-refractivity contribution in [3.8, 4) is 22.9 Å². The molecule has 2 N–H and O–H groups in total. The largest absolute Gasteiger partial charge is 0.403 e. The summed E-state index contributed by atoms with van der Waals surface area (Å²) in [5, 5.41) is 22.4. The van der Waals surface area contributed by atoms with Gasteiger partial charge in [-0.25, -0.2) is 0 Å². The van der Waals surface area contributed by atoms with Gasteiger partial charge in [0.15, 0.2) is 0 Å². The van der Waals surface area contributed by atoms with Gasteiger partial charge in [-0.1, -0.05) is 46.6 Å². The van der Waals surface area contributed by atoms with Gasteiger partial charge in [-0.15, -0.1) is 10.2 Å². The monoisotopic (exact) mass is 396 g/mol. The van der Waals surface area contributed by atoms with Gasteiger partial charge in [0.2, 0.25) is 11.8 Å². The lowest BCUT2D eigenvalue weighted by atomic mass is 10.1. The molecule has 8 nitrogen and oxygen atoms in total. The van der Waals surface area contributed by atoms with Crippen LogP contribution in [0.1, 0.15) is 0 Å². The van der Waals surface area contributed by atoms with Crippen LogP contribution in [0.4, 0.5) is 23.4 Å². The number of anilines is 4. The van der Waals surface area contributed by atoms with Gasteiger partial charge in [0.1, 0.15) is 0 Å². The number of rotatable bonds is 6. The molecule has 8 heteroatoms. The summed E-state index contributed by atoms with van der Waals surface area (Å²) in [5.41, 5.74) is 3.32. The zero-order valence-corrected chi connectivity index (χ0v) is 15.7. The van der Waals surface area contributed by atoms with Crippen molar-refractivity contribution in [3.63, 3.8) is 0 Å². The summed E-state index contributed by atoms with van der Waals surface area (Å²) in [6, 6.07) is 27.4. The summed E-state index contributed by atoms with van der Waals surface area (Å²) < 4.78 is 11.4. The number of nitrogens with one attached hydrogen (secondary N) is 2. The van der Waals surface area contributed by atoms with Crippen molar-refractivity contribution >= 4 is 23.4 Å². The lowest BCUT2D eigenvalue weighted by Crippen LogP contribution is -1.88. The van der Waals surface area contributed by atoms with Gasteiger partial charge < -0.3 is 19.5 Å². The summed E-state index contributed by atoms with van der Waals surface area (Å²) in [6.07, 6.45) is 0. The fourth-order valence-corrected chi connectivity index (χ4v) is 2.83. The summed E-state index contributed by atoms with van der Waals surface area (Å²) in [7, 11) is 0. The molecule has 0 radical (unpaired) electrons. The molecule has 0 saturated carbocycles. The zero-order chi connectivity index (χ0) is 20.2. The van der Waals surface area contributed by atoms with Crippen LogP contribution in [0.25, 0.3) is 22.9 Å². The van der Waals surface area contributed by atoms with E-state index in [0.717, 1.165) is 22.5 Å². The second kappa shape index (κ2) is 7.88. The predicted octanol–water partition coefficient (Wildman–Crippen LogP) is 5.27. The third-order valence-electron chi connectivity index (χ3n) is 4.28. The molecular weight excluding hydrogens is 380 g/mol. The molecule has 2 heterocycles.